The number of carbonyl (C=O) groups is 2. The molecule has 1 atom stereocenters. The van der Waals surface area contributed by atoms with Gasteiger partial charge in [0.2, 0.25) is 5.91 Å². The van der Waals surface area contributed by atoms with E-state index in [-0.39, 0.29) is 17.7 Å². The topological polar surface area (TPSA) is 58.2 Å². The largest absolute Gasteiger partial charge is 0.279 e. The number of hydrogen-bond donors (Lipinski definition) is 2. The normalized spacial score (nSPS) is 20.5. The number of fused-ring (bicyclic) bond motifs is 1. The molecule has 20 heavy (non-hydrogen) atoms. The average Bonchev–Trinajstić information content (AvgIpc) is 3.06. The molecule has 0 saturated carbocycles. The Balaban J connectivity index is 1.53. The maximum absolute atomic E-state index is 12.0. The Kier molecular flexibility index (Phi) is 3.87. The van der Waals surface area contributed by atoms with Crippen molar-refractivity contribution in [2.75, 3.05) is 0 Å². The summed E-state index contributed by atoms with van der Waals surface area (Å²) in [5.41, 5.74) is 6.38. The lowest BCUT2D eigenvalue weighted by Gasteiger charge is -2.17. The first-order valence-corrected chi connectivity index (χ1v) is 7.92. The molecule has 0 radical (unpaired) electrons. The minimum atomic E-state index is -0.205. The van der Waals surface area contributed by atoms with Crippen molar-refractivity contribution in [1.29, 1.82) is 0 Å². The van der Waals surface area contributed by atoms with E-state index in [4.69, 9.17) is 0 Å². The van der Waals surface area contributed by atoms with Gasteiger partial charge < -0.3 is 0 Å². The second kappa shape index (κ2) is 5.79. The summed E-state index contributed by atoms with van der Waals surface area (Å²) in [7, 11) is 0. The number of aryl methyl sites for hydroxylation is 2. The van der Waals surface area contributed by atoms with Gasteiger partial charge in [0, 0.05) is 10.8 Å². The SMILES string of the molecule is O=C(NNC(=O)[C@H]1CC=CCC1)c1cc2c(s1)CCC2. The molecular formula is C15H18N2O2S. The maximum atomic E-state index is 12.0. The molecule has 1 aromatic heterocycles. The Bertz CT molecular complexity index is 541. The van der Waals surface area contributed by atoms with Gasteiger partial charge in [-0.1, -0.05) is 12.2 Å². The molecule has 0 bridgehead atoms. The van der Waals surface area contributed by atoms with E-state index in [1.165, 1.54) is 16.9 Å². The zero-order valence-electron chi connectivity index (χ0n) is 11.3. The third kappa shape index (κ3) is 2.77. The number of allylic oxidation sites excluding steroid dienone is 2. The van der Waals surface area contributed by atoms with E-state index in [1.807, 2.05) is 12.1 Å². The number of nitrogens with one attached hydrogen (secondary N) is 2. The monoisotopic (exact) mass is 290 g/mol. The van der Waals surface area contributed by atoms with Crippen molar-refractivity contribution in [3.8, 4) is 0 Å². The molecule has 0 fully saturated rings. The molecule has 2 aliphatic rings. The predicted octanol–water partition coefficient (Wildman–Crippen LogP) is 2.35. The smallest absolute Gasteiger partial charge is 0.273 e. The van der Waals surface area contributed by atoms with E-state index in [0.29, 0.717) is 4.88 Å². The molecular weight excluding hydrogens is 272 g/mol. The van der Waals surface area contributed by atoms with Crippen molar-refractivity contribution in [2.45, 2.75) is 38.5 Å². The van der Waals surface area contributed by atoms with E-state index in [9.17, 15) is 9.59 Å². The third-order valence-electron chi connectivity index (χ3n) is 3.91. The van der Waals surface area contributed by atoms with Crippen LogP contribution in [0.25, 0.3) is 0 Å². The van der Waals surface area contributed by atoms with E-state index < -0.39 is 0 Å². The summed E-state index contributed by atoms with van der Waals surface area (Å²) in [6.07, 6.45) is 10.0. The standard InChI is InChI=1S/C15H18N2O2S/c18-14(10-5-2-1-3-6-10)16-17-15(19)13-9-11-7-4-8-12(11)20-13/h1-2,9-10H,3-8H2,(H,16,18)(H,17,19)/t10-/m0/s1. The van der Waals surface area contributed by atoms with Crippen molar-refractivity contribution in [1.82, 2.24) is 10.9 Å². The highest BCUT2D eigenvalue weighted by Gasteiger charge is 2.21. The minimum absolute atomic E-state index is 0.0198. The van der Waals surface area contributed by atoms with Crippen LogP contribution in [0.1, 0.15) is 45.8 Å². The molecule has 1 aromatic rings. The second-order valence-electron chi connectivity index (χ2n) is 5.34. The summed E-state index contributed by atoms with van der Waals surface area (Å²) in [4.78, 5) is 25.9. The maximum Gasteiger partial charge on any atom is 0.279 e. The van der Waals surface area contributed by atoms with E-state index in [0.717, 1.165) is 32.1 Å². The van der Waals surface area contributed by atoms with Gasteiger partial charge in [0.15, 0.2) is 0 Å². The number of hydrogen-bond acceptors (Lipinski definition) is 3. The van der Waals surface area contributed by atoms with Gasteiger partial charge in [0.1, 0.15) is 0 Å². The van der Waals surface area contributed by atoms with Crippen LogP contribution in [0, 0.1) is 5.92 Å². The van der Waals surface area contributed by atoms with Crippen LogP contribution in [-0.2, 0) is 17.6 Å². The average molecular weight is 290 g/mol. The Labute approximate surface area is 122 Å². The summed E-state index contributed by atoms with van der Waals surface area (Å²) < 4.78 is 0. The minimum Gasteiger partial charge on any atom is -0.273 e. The van der Waals surface area contributed by atoms with Gasteiger partial charge in [-0.15, -0.1) is 11.3 Å². The zero-order valence-corrected chi connectivity index (χ0v) is 12.1. The Morgan fingerprint density at radius 1 is 1.20 bits per heavy atom. The molecule has 1 heterocycles. The Morgan fingerprint density at radius 2 is 2.10 bits per heavy atom. The van der Waals surface area contributed by atoms with Gasteiger partial charge in [-0.3, -0.25) is 20.4 Å². The number of rotatable bonds is 2. The van der Waals surface area contributed by atoms with E-state index in [2.05, 4.69) is 16.9 Å². The van der Waals surface area contributed by atoms with E-state index in [1.54, 1.807) is 11.3 Å². The van der Waals surface area contributed by atoms with Crippen molar-refractivity contribution in [3.63, 3.8) is 0 Å². The summed E-state index contributed by atoms with van der Waals surface area (Å²) in [5.74, 6) is -0.315. The number of thiophene rings is 1. The highest BCUT2D eigenvalue weighted by atomic mass is 32.1. The summed E-state index contributed by atoms with van der Waals surface area (Å²) in [6, 6.07) is 1.96. The van der Waals surface area contributed by atoms with Gasteiger partial charge >= 0.3 is 0 Å². The molecule has 0 aromatic carbocycles. The zero-order chi connectivity index (χ0) is 13.9. The Morgan fingerprint density at radius 3 is 2.85 bits per heavy atom. The highest BCUT2D eigenvalue weighted by Crippen LogP contribution is 2.30. The third-order valence-corrected chi connectivity index (χ3v) is 5.15. The molecule has 0 unspecified atom stereocenters. The van der Waals surface area contributed by atoms with E-state index >= 15 is 0 Å². The molecule has 0 saturated heterocycles. The molecule has 0 spiro atoms. The van der Waals surface area contributed by atoms with Crippen molar-refractivity contribution < 1.29 is 9.59 Å². The summed E-state index contributed by atoms with van der Waals surface area (Å²) >= 11 is 1.54. The van der Waals surface area contributed by atoms with Gasteiger partial charge in [-0.2, -0.15) is 0 Å². The van der Waals surface area contributed by atoms with Crippen molar-refractivity contribution in [2.24, 2.45) is 5.92 Å². The van der Waals surface area contributed by atoms with Gasteiger partial charge in [-0.25, -0.2) is 0 Å². The fraction of sp³-hybridized carbons (Fsp3) is 0.467. The molecule has 2 N–H and O–H groups in total. The Hall–Kier alpha value is -1.62. The van der Waals surface area contributed by atoms with Crippen molar-refractivity contribution >= 4 is 23.2 Å². The first-order chi connectivity index (χ1) is 9.74. The van der Waals surface area contributed by atoms with Crippen LogP contribution in [0.2, 0.25) is 0 Å². The number of hydrazine groups is 1. The lowest BCUT2D eigenvalue weighted by molar-refractivity contribution is -0.126. The first kappa shape index (κ1) is 13.4. The lowest BCUT2D eigenvalue weighted by atomic mass is 9.94. The molecule has 106 valence electrons. The first-order valence-electron chi connectivity index (χ1n) is 7.11. The molecule has 0 aliphatic heterocycles. The van der Waals surface area contributed by atoms with Crippen LogP contribution in [0.5, 0.6) is 0 Å². The molecule has 3 rings (SSSR count). The van der Waals surface area contributed by atoms with Crippen LogP contribution in [0.15, 0.2) is 18.2 Å². The fourth-order valence-corrected chi connectivity index (χ4v) is 3.90. The van der Waals surface area contributed by atoms with Crippen LogP contribution < -0.4 is 10.9 Å². The van der Waals surface area contributed by atoms with Gasteiger partial charge in [0.25, 0.3) is 5.91 Å². The molecule has 2 amide bonds. The summed E-state index contributed by atoms with van der Waals surface area (Å²) in [6.45, 7) is 0. The van der Waals surface area contributed by atoms with Crippen LogP contribution in [-0.4, -0.2) is 11.8 Å². The van der Waals surface area contributed by atoms with Crippen LogP contribution in [0.3, 0.4) is 0 Å². The summed E-state index contributed by atoms with van der Waals surface area (Å²) in [5, 5.41) is 0. The number of amides is 2. The van der Waals surface area contributed by atoms with Gasteiger partial charge in [0.05, 0.1) is 4.88 Å². The second-order valence-corrected chi connectivity index (χ2v) is 6.47. The highest BCUT2D eigenvalue weighted by molar-refractivity contribution is 7.14. The molecule has 4 nitrogen and oxygen atoms in total. The molecule has 5 heteroatoms. The molecule has 2 aliphatic carbocycles. The quantitative estimate of drug-likeness (QED) is 0.649. The fourth-order valence-electron chi connectivity index (χ4n) is 2.75. The van der Waals surface area contributed by atoms with Gasteiger partial charge in [-0.05, 0) is 50.2 Å². The van der Waals surface area contributed by atoms with Crippen LogP contribution in [0.4, 0.5) is 0 Å². The predicted molar refractivity (Wildman–Crippen MR) is 78.4 cm³/mol. The lowest BCUT2D eigenvalue weighted by Crippen LogP contribution is -2.44. The van der Waals surface area contributed by atoms with Crippen molar-refractivity contribution in [3.05, 3.63) is 33.5 Å². The number of carbonyl (C=O) groups excluding carboxylic acids is 2. The van der Waals surface area contributed by atoms with Crippen LogP contribution >= 0.6 is 11.3 Å².